The molecule has 0 aromatic heterocycles. The molecule has 2 aromatic rings. The molecule has 1 heterocycles. The minimum atomic E-state index is -0.668. The van der Waals surface area contributed by atoms with E-state index in [1.54, 1.807) is 0 Å². The van der Waals surface area contributed by atoms with E-state index in [0.717, 1.165) is 45.1 Å². The molecule has 278 valence electrons. The zero-order chi connectivity index (χ0) is 36.7. The number of aliphatic hydroxyl groups excluding tert-OH is 2. The first-order valence-corrected chi connectivity index (χ1v) is 17.6. The van der Waals surface area contributed by atoms with Crippen molar-refractivity contribution in [3.63, 3.8) is 0 Å². The van der Waals surface area contributed by atoms with Gasteiger partial charge in [-0.3, -0.25) is 4.79 Å². The monoisotopic (exact) mass is 690 g/mol. The standard InChI is InChI=1S/C20H30O5.C14H22O.C4H6O3.CH4O/c1-4-16(2)15-19(18-9-6-5-7-10-18)11-14-25-20(22)24-13-8-12-23-17(3)21;1-3-12(2)11-14(9-10-15)13-7-5-4-6-8-13;5-4-6-2-1-3-7-4;1-2/h5-7,9-10,16,19H,4,8,11-15H2,1-3H3;4-8,12,14-15H,3,9-11H2,1-2H3;1-3H2;2H,1H3. The van der Waals surface area contributed by atoms with Gasteiger partial charge in [0.15, 0.2) is 0 Å². The lowest BCUT2D eigenvalue weighted by Crippen LogP contribution is -2.16. The molecule has 0 aliphatic carbocycles. The van der Waals surface area contributed by atoms with Crippen molar-refractivity contribution >= 4 is 18.3 Å². The Labute approximate surface area is 294 Å². The molecular weight excluding hydrogens is 628 g/mol. The Morgan fingerprint density at radius 1 is 0.735 bits per heavy atom. The van der Waals surface area contributed by atoms with E-state index < -0.39 is 12.3 Å². The molecule has 4 unspecified atom stereocenters. The summed E-state index contributed by atoms with van der Waals surface area (Å²) in [5.41, 5.74) is 2.65. The van der Waals surface area contributed by atoms with Crippen molar-refractivity contribution in [1.82, 2.24) is 0 Å². The quantitative estimate of drug-likeness (QED) is 0.0945. The van der Waals surface area contributed by atoms with Gasteiger partial charge in [0, 0.05) is 33.5 Å². The molecule has 10 nitrogen and oxygen atoms in total. The van der Waals surface area contributed by atoms with E-state index in [1.807, 2.05) is 24.3 Å². The first kappa shape index (κ1) is 45.4. The molecule has 3 rings (SSSR count). The number of rotatable bonds is 17. The first-order chi connectivity index (χ1) is 23.7. The van der Waals surface area contributed by atoms with Crippen LogP contribution in [0.3, 0.4) is 0 Å². The number of esters is 1. The number of carbonyl (C=O) groups excluding carboxylic acids is 3. The summed E-state index contributed by atoms with van der Waals surface area (Å²) in [6.07, 6.45) is 6.35. The van der Waals surface area contributed by atoms with E-state index in [0.29, 0.717) is 44.0 Å². The van der Waals surface area contributed by atoms with Crippen LogP contribution in [0.5, 0.6) is 0 Å². The van der Waals surface area contributed by atoms with Crippen LogP contribution in [-0.4, -0.2) is 75.2 Å². The van der Waals surface area contributed by atoms with Crippen LogP contribution in [0.1, 0.15) is 109 Å². The third kappa shape index (κ3) is 24.2. The maximum Gasteiger partial charge on any atom is 0.508 e. The van der Waals surface area contributed by atoms with Crippen LogP contribution < -0.4 is 0 Å². The van der Waals surface area contributed by atoms with Gasteiger partial charge in [-0.05, 0) is 60.5 Å². The number of ether oxygens (including phenoxy) is 5. The molecule has 0 radical (unpaired) electrons. The zero-order valence-corrected chi connectivity index (χ0v) is 30.6. The first-order valence-electron chi connectivity index (χ1n) is 17.6. The summed E-state index contributed by atoms with van der Waals surface area (Å²) >= 11 is 0. The Morgan fingerprint density at radius 3 is 1.59 bits per heavy atom. The van der Waals surface area contributed by atoms with Gasteiger partial charge in [-0.1, -0.05) is 101 Å². The van der Waals surface area contributed by atoms with Crippen molar-refractivity contribution in [3.05, 3.63) is 71.8 Å². The van der Waals surface area contributed by atoms with Gasteiger partial charge in [-0.15, -0.1) is 0 Å². The summed E-state index contributed by atoms with van der Waals surface area (Å²) in [5.74, 6) is 1.91. The van der Waals surface area contributed by atoms with Crippen molar-refractivity contribution in [2.45, 2.75) is 97.8 Å². The maximum atomic E-state index is 11.6. The molecular formula is C39H62O10. The smallest absolute Gasteiger partial charge is 0.466 e. The van der Waals surface area contributed by atoms with Gasteiger partial charge in [0.1, 0.15) is 0 Å². The average Bonchev–Trinajstić information content (AvgIpc) is 3.13. The number of aliphatic hydroxyl groups is 2. The topological polar surface area (TPSA) is 138 Å². The van der Waals surface area contributed by atoms with E-state index in [9.17, 15) is 14.4 Å². The van der Waals surface area contributed by atoms with Crippen LogP contribution in [0.2, 0.25) is 0 Å². The molecule has 4 atom stereocenters. The van der Waals surface area contributed by atoms with Crippen molar-refractivity contribution < 1.29 is 48.3 Å². The second kappa shape index (κ2) is 30.4. The van der Waals surface area contributed by atoms with Gasteiger partial charge in [-0.2, -0.15) is 0 Å². The van der Waals surface area contributed by atoms with Gasteiger partial charge in [-0.25, -0.2) is 9.59 Å². The SMILES string of the molecule is CCC(C)CC(CCO)c1ccccc1.CCC(C)CC(CCOC(=O)OCCCOC(C)=O)c1ccccc1.CO.O=C1OCCCO1. The van der Waals surface area contributed by atoms with Crippen LogP contribution in [0, 0.1) is 11.8 Å². The summed E-state index contributed by atoms with van der Waals surface area (Å²) in [6, 6.07) is 20.9. The summed E-state index contributed by atoms with van der Waals surface area (Å²) < 4.78 is 23.7. The highest BCUT2D eigenvalue weighted by Gasteiger charge is 2.16. The summed E-state index contributed by atoms with van der Waals surface area (Å²) in [6.45, 7) is 12.4. The highest BCUT2D eigenvalue weighted by molar-refractivity contribution is 5.65. The summed E-state index contributed by atoms with van der Waals surface area (Å²) in [5, 5.41) is 16.1. The number of benzene rings is 2. The van der Waals surface area contributed by atoms with Crippen molar-refractivity contribution in [1.29, 1.82) is 0 Å². The maximum absolute atomic E-state index is 11.6. The lowest BCUT2D eigenvalue weighted by molar-refractivity contribution is -0.141. The van der Waals surface area contributed by atoms with E-state index in [-0.39, 0.29) is 25.8 Å². The van der Waals surface area contributed by atoms with Gasteiger partial charge < -0.3 is 33.9 Å². The van der Waals surface area contributed by atoms with Crippen LogP contribution in [-0.2, 0) is 28.5 Å². The Balaban J connectivity index is 0.000000802. The molecule has 2 aromatic carbocycles. The van der Waals surface area contributed by atoms with Gasteiger partial charge in [0.2, 0.25) is 0 Å². The third-order valence-electron chi connectivity index (χ3n) is 8.02. The Kier molecular flexibility index (Phi) is 28.2. The van der Waals surface area contributed by atoms with E-state index in [4.69, 9.17) is 24.4 Å². The second-order valence-corrected chi connectivity index (χ2v) is 12.0. The molecule has 0 amide bonds. The van der Waals surface area contributed by atoms with E-state index in [1.165, 1.54) is 30.9 Å². The molecule has 1 aliphatic heterocycles. The molecule has 1 fully saturated rings. The highest BCUT2D eigenvalue weighted by atomic mass is 16.7. The second-order valence-electron chi connectivity index (χ2n) is 12.0. The van der Waals surface area contributed by atoms with Gasteiger partial charge in [0.25, 0.3) is 0 Å². The Morgan fingerprint density at radius 2 is 1.18 bits per heavy atom. The Hall–Kier alpha value is -3.63. The normalized spacial score (nSPS) is 14.2. The summed E-state index contributed by atoms with van der Waals surface area (Å²) in [7, 11) is 1.00. The van der Waals surface area contributed by atoms with Crippen LogP contribution in [0.15, 0.2) is 60.7 Å². The number of carbonyl (C=O) groups is 3. The largest absolute Gasteiger partial charge is 0.508 e. The van der Waals surface area contributed by atoms with E-state index >= 15 is 0 Å². The van der Waals surface area contributed by atoms with Crippen molar-refractivity contribution in [2.24, 2.45) is 11.8 Å². The minimum Gasteiger partial charge on any atom is -0.466 e. The Bertz CT molecular complexity index is 1070. The van der Waals surface area contributed by atoms with Gasteiger partial charge in [0.05, 0.1) is 33.0 Å². The molecule has 1 aliphatic rings. The number of hydrogen-bond acceptors (Lipinski definition) is 10. The molecule has 10 heteroatoms. The average molecular weight is 691 g/mol. The molecule has 0 saturated carbocycles. The predicted octanol–water partition coefficient (Wildman–Crippen LogP) is 8.44. The number of hydrogen-bond donors (Lipinski definition) is 2. The molecule has 49 heavy (non-hydrogen) atoms. The van der Waals surface area contributed by atoms with Crippen LogP contribution in [0.4, 0.5) is 9.59 Å². The lowest BCUT2D eigenvalue weighted by Gasteiger charge is -2.20. The van der Waals surface area contributed by atoms with E-state index in [2.05, 4.69) is 73.6 Å². The van der Waals surface area contributed by atoms with Crippen molar-refractivity contribution in [2.75, 3.05) is 46.8 Å². The zero-order valence-electron chi connectivity index (χ0n) is 30.6. The minimum absolute atomic E-state index is 0.182. The summed E-state index contributed by atoms with van der Waals surface area (Å²) in [4.78, 5) is 32.2. The molecule has 0 bridgehead atoms. The predicted molar refractivity (Wildman–Crippen MR) is 191 cm³/mol. The highest BCUT2D eigenvalue weighted by Crippen LogP contribution is 2.29. The fraction of sp³-hybridized carbons (Fsp3) is 0.615. The molecule has 1 saturated heterocycles. The molecule has 0 spiro atoms. The van der Waals surface area contributed by atoms with Gasteiger partial charge >= 0.3 is 18.3 Å². The van der Waals surface area contributed by atoms with Crippen LogP contribution >= 0.6 is 0 Å². The van der Waals surface area contributed by atoms with Crippen LogP contribution in [0.25, 0.3) is 0 Å². The lowest BCUT2D eigenvalue weighted by atomic mass is 9.86. The molecule has 2 N–H and O–H groups in total. The fourth-order valence-electron chi connectivity index (χ4n) is 4.92. The number of cyclic esters (lactones) is 2. The fourth-order valence-corrected chi connectivity index (χ4v) is 4.92. The van der Waals surface area contributed by atoms with Crippen molar-refractivity contribution in [3.8, 4) is 0 Å². The third-order valence-corrected chi connectivity index (χ3v) is 8.02.